The average molecular weight is 384 g/mol. The zero-order chi connectivity index (χ0) is 19.7. The molecular weight excluding hydrogens is 373 g/mol. The first-order chi connectivity index (χ1) is 13.4. The van der Waals surface area contributed by atoms with Crippen molar-refractivity contribution in [1.82, 2.24) is 25.1 Å². The largest absolute Gasteiger partial charge is 0.451 e. The molecule has 0 saturated carbocycles. The van der Waals surface area contributed by atoms with Crippen LogP contribution in [0, 0.1) is 0 Å². The monoisotopic (exact) mass is 384 g/mol. The number of fused-ring (bicyclic) bond motifs is 1. The Balaban J connectivity index is 1.74. The van der Waals surface area contributed by atoms with E-state index < -0.39 is 23.9 Å². The van der Waals surface area contributed by atoms with Crippen LogP contribution in [0.4, 0.5) is 19.1 Å². The number of carbonyl (C=O) groups is 1. The van der Waals surface area contributed by atoms with Crippen molar-refractivity contribution in [2.24, 2.45) is 0 Å². The van der Waals surface area contributed by atoms with E-state index in [1.165, 1.54) is 0 Å². The number of aromatic amines is 1. The van der Waals surface area contributed by atoms with Crippen molar-refractivity contribution in [3.05, 3.63) is 66.2 Å². The quantitative estimate of drug-likeness (QED) is 0.562. The summed E-state index contributed by atoms with van der Waals surface area (Å²) in [6, 6.07) is 12.0. The maximum atomic E-state index is 12.7. The molecule has 0 aliphatic rings. The fourth-order valence-electron chi connectivity index (χ4n) is 2.65. The van der Waals surface area contributed by atoms with Crippen LogP contribution in [-0.2, 0) is 6.18 Å². The molecule has 0 spiro atoms. The van der Waals surface area contributed by atoms with Gasteiger partial charge in [-0.3, -0.25) is 20.2 Å². The van der Waals surface area contributed by atoms with E-state index in [2.05, 4.69) is 25.4 Å². The van der Waals surface area contributed by atoms with Crippen LogP contribution in [0.5, 0.6) is 0 Å². The molecule has 10 heteroatoms. The number of anilines is 1. The zero-order valence-electron chi connectivity index (χ0n) is 14.0. The fourth-order valence-corrected chi connectivity index (χ4v) is 2.65. The van der Waals surface area contributed by atoms with Crippen LogP contribution in [-0.4, -0.2) is 31.1 Å². The van der Waals surface area contributed by atoms with Gasteiger partial charge in [0.2, 0.25) is 11.8 Å². The van der Waals surface area contributed by atoms with Crippen molar-refractivity contribution in [2.45, 2.75) is 6.18 Å². The summed E-state index contributed by atoms with van der Waals surface area (Å²) in [4.78, 5) is 24.5. The van der Waals surface area contributed by atoms with Gasteiger partial charge in [-0.05, 0) is 24.3 Å². The molecule has 3 heterocycles. The minimum Gasteiger partial charge on any atom is -0.289 e. The summed E-state index contributed by atoms with van der Waals surface area (Å²) in [6.07, 6.45) is -1.50. The van der Waals surface area contributed by atoms with Crippen molar-refractivity contribution in [3.63, 3.8) is 0 Å². The van der Waals surface area contributed by atoms with Crippen molar-refractivity contribution in [3.8, 4) is 11.3 Å². The molecule has 0 aliphatic heterocycles. The summed E-state index contributed by atoms with van der Waals surface area (Å²) in [7, 11) is 0. The van der Waals surface area contributed by atoms with Crippen molar-refractivity contribution in [2.75, 3.05) is 5.32 Å². The van der Waals surface area contributed by atoms with Gasteiger partial charge in [0, 0.05) is 23.3 Å². The second kappa shape index (κ2) is 6.72. The van der Waals surface area contributed by atoms with E-state index in [0.717, 1.165) is 5.56 Å². The van der Waals surface area contributed by atoms with Crippen molar-refractivity contribution >= 4 is 22.8 Å². The lowest BCUT2D eigenvalue weighted by atomic mass is 10.0. The third-order valence-electron chi connectivity index (χ3n) is 3.92. The number of halogens is 3. The summed E-state index contributed by atoms with van der Waals surface area (Å²) in [5, 5.41) is 7.99. The normalized spacial score (nSPS) is 11.5. The second-order valence-corrected chi connectivity index (χ2v) is 5.77. The van der Waals surface area contributed by atoms with E-state index >= 15 is 0 Å². The molecule has 0 aliphatic carbocycles. The molecule has 28 heavy (non-hydrogen) atoms. The lowest BCUT2D eigenvalue weighted by Gasteiger charge is -2.09. The maximum absolute atomic E-state index is 12.7. The maximum Gasteiger partial charge on any atom is 0.451 e. The van der Waals surface area contributed by atoms with E-state index in [0.29, 0.717) is 16.6 Å². The van der Waals surface area contributed by atoms with Crippen LogP contribution in [0.15, 0.2) is 54.9 Å². The summed E-state index contributed by atoms with van der Waals surface area (Å²) in [5.41, 5.74) is 2.06. The van der Waals surface area contributed by atoms with Gasteiger partial charge in [-0.1, -0.05) is 18.2 Å². The molecule has 1 amide bonds. The molecule has 0 saturated heterocycles. The van der Waals surface area contributed by atoms with E-state index in [1.807, 2.05) is 0 Å². The number of rotatable bonds is 3. The molecule has 4 aromatic rings. The van der Waals surface area contributed by atoms with Gasteiger partial charge < -0.3 is 0 Å². The first-order valence-electron chi connectivity index (χ1n) is 8.03. The smallest absolute Gasteiger partial charge is 0.289 e. The number of benzene rings is 1. The Kier molecular flexibility index (Phi) is 4.22. The Bertz CT molecular complexity index is 1160. The van der Waals surface area contributed by atoms with E-state index in [-0.39, 0.29) is 5.56 Å². The molecule has 0 atom stereocenters. The number of H-pyrrole nitrogens is 1. The van der Waals surface area contributed by atoms with Crippen LogP contribution < -0.4 is 5.32 Å². The van der Waals surface area contributed by atoms with Gasteiger partial charge >= 0.3 is 6.18 Å². The van der Waals surface area contributed by atoms with E-state index in [9.17, 15) is 18.0 Å². The standard InChI is InChI=1S/C18H11F3N6O/c19-18(20,21)16-25-17(27-26-16)24-15(28)12-9-14(10-5-7-22-8-6-10)23-13-4-2-1-3-11(12)13/h1-9H,(H2,24,25,26,27,28). The highest BCUT2D eigenvalue weighted by molar-refractivity contribution is 6.12. The number of hydrogen-bond donors (Lipinski definition) is 2. The summed E-state index contributed by atoms with van der Waals surface area (Å²) in [6.45, 7) is 0. The molecule has 0 radical (unpaired) electrons. The molecule has 0 bridgehead atoms. The van der Waals surface area contributed by atoms with Gasteiger partial charge in [0.05, 0.1) is 16.8 Å². The van der Waals surface area contributed by atoms with Gasteiger partial charge in [0.15, 0.2) is 0 Å². The number of alkyl halides is 3. The predicted molar refractivity (Wildman–Crippen MR) is 94.3 cm³/mol. The minimum absolute atomic E-state index is 0.232. The fraction of sp³-hybridized carbons (Fsp3) is 0.0556. The number of carbonyl (C=O) groups excluding carboxylic acids is 1. The SMILES string of the molecule is O=C(Nc1n[nH]c(C(F)(F)F)n1)c1cc(-c2ccncc2)nc2ccccc12. The molecule has 7 nitrogen and oxygen atoms in total. The Hall–Kier alpha value is -3.82. The third kappa shape index (κ3) is 3.39. The molecule has 2 N–H and O–H groups in total. The number of aromatic nitrogens is 5. The second-order valence-electron chi connectivity index (χ2n) is 5.77. The lowest BCUT2D eigenvalue weighted by molar-refractivity contribution is -0.144. The highest BCUT2D eigenvalue weighted by atomic mass is 19.4. The van der Waals surface area contributed by atoms with E-state index in [1.54, 1.807) is 60.0 Å². The molecule has 1 aromatic carbocycles. The number of hydrogen-bond acceptors (Lipinski definition) is 5. The summed E-state index contributed by atoms with van der Waals surface area (Å²) in [5.74, 6) is -2.41. The van der Waals surface area contributed by atoms with Crippen LogP contribution in [0.1, 0.15) is 16.2 Å². The Morgan fingerprint density at radius 2 is 1.79 bits per heavy atom. The van der Waals surface area contributed by atoms with Gasteiger partial charge in [-0.25, -0.2) is 4.98 Å². The number of para-hydroxylation sites is 1. The van der Waals surface area contributed by atoms with Crippen LogP contribution in [0.3, 0.4) is 0 Å². The molecule has 3 aromatic heterocycles. The van der Waals surface area contributed by atoms with Crippen molar-refractivity contribution < 1.29 is 18.0 Å². The molecule has 0 fully saturated rings. The van der Waals surface area contributed by atoms with E-state index in [4.69, 9.17) is 0 Å². The zero-order valence-corrected chi connectivity index (χ0v) is 14.0. The number of nitrogens with zero attached hydrogens (tertiary/aromatic N) is 4. The number of pyridine rings is 2. The van der Waals surface area contributed by atoms with Gasteiger partial charge in [0.25, 0.3) is 5.91 Å². The topological polar surface area (TPSA) is 96.5 Å². The molecule has 4 rings (SSSR count). The van der Waals surface area contributed by atoms with Gasteiger partial charge in [0.1, 0.15) is 0 Å². The number of amides is 1. The van der Waals surface area contributed by atoms with Crippen LogP contribution in [0.2, 0.25) is 0 Å². The first-order valence-corrected chi connectivity index (χ1v) is 8.03. The molecule has 0 unspecified atom stereocenters. The average Bonchev–Trinajstić information content (AvgIpc) is 3.17. The number of nitrogens with one attached hydrogen (secondary N) is 2. The molecular formula is C18H11F3N6O. The van der Waals surface area contributed by atoms with Crippen LogP contribution in [0.25, 0.3) is 22.2 Å². The van der Waals surface area contributed by atoms with Gasteiger partial charge in [-0.15, -0.1) is 5.10 Å². The minimum atomic E-state index is -4.69. The lowest BCUT2D eigenvalue weighted by Crippen LogP contribution is -2.14. The predicted octanol–water partition coefficient (Wildman–Crippen LogP) is 3.69. The Morgan fingerprint density at radius 1 is 1.04 bits per heavy atom. The summed E-state index contributed by atoms with van der Waals surface area (Å²) >= 11 is 0. The third-order valence-corrected chi connectivity index (χ3v) is 3.92. The Morgan fingerprint density at radius 3 is 2.50 bits per heavy atom. The van der Waals surface area contributed by atoms with Crippen molar-refractivity contribution in [1.29, 1.82) is 0 Å². The Labute approximate surface area is 155 Å². The van der Waals surface area contributed by atoms with Gasteiger partial charge in [-0.2, -0.15) is 18.2 Å². The van der Waals surface area contributed by atoms with Crippen LogP contribution >= 0.6 is 0 Å². The summed E-state index contributed by atoms with van der Waals surface area (Å²) < 4.78 is 38.0. The highest BCUT2D eigenvalue weighted by Gasteiger charge is 2.35. The highest BCUT2D eigenvalue weighted by Crippen LogP contribution is 2.27. The molecule has 140 valence electrons. The first kappa shape index (κ1) is 17.6.